The highest BCUT2D eigenvalue weighted by Gasteiger charge is 2.40. The van der Waals surface area contributed by atoms with E-state index >= 15 is 0 Å². The minimum absolute atomic E-state index is 0.0150. The molecule has 0 spiro atoms. The molecule has 2 atom stereocenters. The van der Waals surface area contributed by atoms with Crippen LogP contribution in [0.5, 0.6) is 11.5 Å². The molecule has 2 aliphatic rings. The van der Waals surface area contributed by atoms with Gasteiger partial charge in [0, 0.05) is 17.0 Å². The van der Waals surface area contributed by atoms with Crippen LogP contribution in [0.3, 0.4) is 0 Å². The van der Waals surface area contributed by atoms with E-state index in [0.29, 0.717) is 17.3 Å². The molecule has 9 heteroatoms. The molecule has 1 N–H and O–H groups in total. The van der Waals surface area contributed by atoms with Crippen LogP contribution in [0.15, 0.2) is 42.5 Å². The summed E-state index contributed by atoms with van der Waals surface area (Å²) >= 11 is 1.55. The van der Waals surface area contributed by atoms with Crippen LogP contribution in [0.4, 0.5) is 5.82 Å². The Morgan fingerprint density at radius 2 is 1.92 bits per heavy atom. The normalized spacial score (nSPS) is 17.5. The van der Waals surface area contributed by atoms with E-state index in [0.717, 1.165) is 34.5 Å². The number of aryl methyl sites for hydroxylation is 1. The number of benzene rings is 2. The summed E-state index contributed by atoms with van der Waals surface area (Å²) in [6, 6.07) is 14.0. The Kier molecular flexibility index (Phi) is 7.37. The molecule has 2 aromatic carbocycles. The molecular formula is C30H36N4O4S. The van der Waals surface area contributed by atoms with Gasteiger partial charge in [0.1, 0.15) is 12.4 Å². The van der Waals surface area contributed by atoms with Crippen LogP contribution in [0, 0.1) is 6.92 Å². The van der Waals surface area contributed by atoms with Crippen LogP contribution >= 0.6 is 11.8 Å². The summed E-state index contributed by atoms with van der Waals surface area (Å²) in [5.41, 5.74) is 4.40. The number of amides is 2. The molecule has 3 heterocycles. The van der Waals surface area contributed by atoms with Gasteiger partial charge in [0.2, 0.25) is 18.6 Å². The third kappa shape index (κ3) is 5.24. The molecule has 0 bridgehead atoms. The average Bonchev–Trinajstić information content (AvgIpc) is 3.49. The van der Waals surface area contributed by atoms with Gasteiger partial charge in [-0.1, -0.05) is 52.0 Å². The fourth-order valence-corrected chi connectivity index (χ4v) is 6.14. The number of nitrogens with zero attached hydrogens (tertiary/aromatic N) is 3. The lowest BCUT2D eigenvalue weighted by atomic mass is 9.87. The molecule has 8 nitrogen and oxygen atoms in total. The third-order valence-corrected chi connectivity index (χ3v) is 8.42. The highest BCUT2D eigenvalue weighted by Crippen LogP contribution is 2.50. The topological polar surface area (TPSA) is 85.7 Å². The molecule has 0 saturated heterocycles. The highest BCUT2D eigenvalue weighted by molar-refractivity contribution is 8.00. The standard InChI is InChI=1S/C30H36N4O4S/c1-7-19(3)31-24(35)15-33-25(36)16-39-27(20-12-13-22-23(14-20)38-17-37-22)26-28(30(4,5)6)32-34(29(26)33)21-11-9-8-10-18(21)2/h8-14,19,27H,7,15-17H2,1-6H3,(H,31,35). The first-order chi connectivity index (χ1) is 18.6. The second-order valence-electron chi connectivity index (χ2n) is 11.2. The van der Waals surface area contributed by atoms with Crippen molar-refractivity contribution in [3.05, 3.63) is 64.8 Å². The molecule has 0 fully saturated rings. The molecule has 2 amide bonds. The molecule has 206 valence electrons. The number of nitrogens with one attached hydrogen (secondary N) is 1. The molecule has 5 rings (SSSR count). The number of hydrogen-bond acceptors (Lipinski definition) is 6. The summed E-state index contributed by atoms with van der Waals surface area (Å²) in [5.74, 6) is 1.96. The van der Waals surface area contributed by atoms with Gasteiger partial charge in [-0.3, -0.25) is 14.5 Å². The summed E-state index contributed by atoms with van der Waals surface area (Å²) in [6.45, 7) is 12.5. The number of anilines is 1. The van der Waals surface area contributed by atoms with E-state index in [4.69, 9.17) is 14.6 Å². The van der Waals surface area contributed by atoms with Crippen molar-refractivity contribution in [1.29, 1.82) is 0 Å². The van der Waals surface area contributed by atoms with Crippen molar-refractivity contribution in [3.8, 4) is 17.2 Å². The van der Waals surface area contributed by atoms with E-state index in [2.05, 4.69) is 26.1 Å². The predicted octanol–water partition coefficient (Wildman–Crippen LogP) is 5.29. The molecule has 0 aliphatic carbocycles. The predicted molar refractivity (Wildman–Crippen MR) is 154 cm³/mol. The highest BCUT2D eigenvalue weighted by atomic mass is 32.2. The van der Waals surface area contributed by atoms with Crippen LogP contribution in [-0.4, -0.2) is 46.7 Å². The Hall–Kier alpha value is -3.46. The molecule has 2 unspecified atom stereocenters. The number of fused-ring (bicyclic) bond motifs is 2. The van der Waals surface area contributed by atoms with Gasteiger partial charge < -0.3 is 14.8 Å². The van der Waals surface area contributed by atoms with Crippen molar-refractivity contribution < 1.29 is 19.1 Å². The van der Waals surface area contributed by atoms with E-state index in [1.807, 2.05) is 67.9 Å². The van der Waals surface area contributed by atoms with E-state index in [1.165, 1.54) is 0 Å². The van der Waals surface area contributed by atoms with E-state index in [-0.39, 0.29) is 47.6 Å². The zero-order valence-corrected chi connectivity index (χ0v) is 24.2. The van der Waals surface area contributed by atoms with Crippen LogP contribution < -0.4 is 19.7 Å². The number of hydrogen-bond donors (Lipinski definition) is 1. The van der Waals surface area contributed by atoms with Gasteiger partial charge in [0.05, 0.1) is 22.4 Å². The second kappa shape index (κ2) is 10.6. The van der Waals surface area contributed by atoms with Gasteiger partial charge in [0.15, 0.2) is 11.5 Å². The zero-order valence-electron chi connectivity index (χ0n) is 23.4. The number of rotatable bonds is 6. The molecule has 1 aromatic heterocycles. The van der Waals surface area contributed by atoms with Gasteiger partial charge in [-0.15, -0.1) is 11.8 Å². The Morgan fingerprint density at radius 3 is 2.64 bits per heavy atom. The summed E-state index contributed by atoms with van der Waals surface area (Å²) in [6.07, 6.45) is 0.808. The van der Waals surface area contributed by atoms with Crippen LogP contribution in [0.1, 0.15) is 68.7 Å². The van der Waals surface area contributed by atoms with Crippen molar-refractivity contribution in [3.63, 3.8) is 0 Å². The van der Waals surface area contributed by atoms with Gasteiger partial charge in [-0.2, -0.15) is 5.10 Å². The van der Waals surface area contributed by atoms with E-state index in [9.17, 15) is 9.59 Å². The quantitative estimate of drug-likeness (QED) is 0.451. The van der Waals surface area contributed by atoms with Crippen LogP contribution in [0.25, 0.3) is 5.69 Å². The monoisotopic (exact) mass is 548 g/mol. The molecule has 3 aromatic rings. The van der Waals surface area contributed by atoms with Crippen molar-refractivity contribution in [1.82, 2.24) is 15.1 Å². The molecule has 39 heavy (non-hydrogen) atoms. The number of carbonyl (C=O) groups excluding carboxylic acids is 2. The first-order valence-corrected chi connectivity index (χ1v) is 14.4. The maximum atomic E-state index is 13.8. The number of ether oxygens (including phenoxy) is 2. The average molecular weight is 549 g/mol. The lowest BCUT2D eigenvalue weighted by Gasteiger charge is -2.25. The third-order valence-electron chi connectivity index (χ3n) is 7.16. The van der Waals surface area contributed by atoms with Gasteiger partial charge >= 0.3 is 0 Å². The maximum absolute atomic E-state index is 13.8. The fourth-order valence-electron chi connectivity index (χ4n) is 4.95. The van der Waals surface area contributed by atoms with Crippen molar-refractivity contribution in [2.75, 3.05) is 24.0 Å². The van der Waals surface area contributed by atoms with Gasteiger partial charge in [0.25, 0.3) is 0 Å². The Balaban J connectivity index is 1.75. The molecule has 2 aliphatic heterocycles. The fraction of sp³-hybridized carbons (Fsp3) is 0.433. The largest absolute Gasteiger partial charge is 0.454 e. The first-order valence-electron chi connectivity index (χ1n) is 13.4. The SMILES string of the molecule is CCC(C)NC(=O)CN1C(=O)CSC(c2ccc3c(c2)OCO3)c2c(C(C)(C)C)nn(-c3ccccc3C)c21. The second-order valence-corrected chi connectivity index (χ2v) is 12.3. The minimum atomic E-state index is -0.328. The Labute approximate surface area is 234 Å². The van der Waals surface area contributed by atoms with E-state index in [1.54, 1.807) is 16.7 Å². The molecule has 0 radical (unpaired) electrons. The maximum Gasteiger partial charge on any atom is 0.240 e. The minimum Gasteiger partial charge on any atom is -0.454 e. The summed E-state index contributed by atoms with van der Waals surface area (Å²) in [4.78, 5) is 28.6. The number of thioether (sulfide) groups is 1. The summed E-state index contributed by atoms with van der Waals surface area (Å²) < 4.78 is 13.1. The number of para-hydroxylation sites is 1. The number of aromatic nitrogens is 2. The first kappa shape index (κ1) is 27.1. The van der Waals surface area contributed by atoms with Gasteiger partial charge in [-0.05, 0) is 49.6 Å². The Bertz CT molecular complexity index is 1410. The Morgan fingerprint density at radius 1 is 1.18 bits per heavy atom. The number of carbonyl (C=O) groups is 2. The van der Waals surface area contributed by atoms with Gasteiger partial charge in [-0.25, -0.2) is 4.68 Å². The zero-order chi connectivity index (χ0) is 27.9. The smallest absolute Gasteiger partial charge is 0.240 e. The van der Waals surface area contributed by atoms with Crippen LogP contribution in [0.2, 0.25) is 0 Å². The molecule has 0 saturated carbocycles. The van der Waals surface area contributed by atoms with Crippen LogP contribution in [-0.2, 0) is 15.0 Å². The van der Waals surface area contributed by atoms with Crippen molar-refractivity contribution >= 4 is 29.4 Å². The van der Waals surface area contributed by atoms with E-state index < -0.39 is 0 Å². The summed E-state index contributed by atoms with van der Waals surface area (Å²) in [7, 11) is 0. The lowest BCUT2D eigenvalue weighted by Crippen LogP contribution is -2.44. The van der Waals surface area contributed by atoms with Crippen molar-refractivity contribution in [2.45, 2.75) is 64.7 Å². The lowest BCUT2D eigenvalue weighted by molar-refractivity contribution is -0.123. The van der Waals surface area contributed by atoms with Crippen molar-refractivity contribution in [2.24, 2.45) is 0 Å². The molecular weight excluding hydrogens is 512 g/mol. The summed E-state index contributed by atoms with van der Waals surface area (Å²) in [5, 5.41) is 8.00.